The summed E-state index contributed by atoms with van der Waals surface area (Å²) in [5, 5.41) is 12.4. The van der Waals surface area contributed by atoms with Crippen LogP contribution in [0.15, 0.2) is 65.1 Å². The molecule has 1 aromatic heterocycles. The summed E-state index contributed by atoms with van der Waals surface area (Å²) in [6.45, 7) is 1.12. The molecule has 2 amide bonds. The van der Waals surface area contributed by atoms with Gasteiger partial charge in [0.15, 0.2) is 0 Å². The van der Waals surface area contributed by atoms with Crippen LogP contribution in [-0.2, 0) is 4.79 Å². The van der Waals surface area contributed by atoms with E-state index in [-0.39, 0.29) is 24.9 Å². The van der Waals surface area contributed by atoms with Crippen LogP contribution in [0, 0.1) is 0 Å². The van der Waals surface area contributed by atoms with Crippen LogP contribution < -0.4 is 15.5 Å². The minimum Gasteiger partial charge on any atom is -0.492 e. The molecule has 0 aliphatic rings. The van der Waals surface area contributed by atoms with Crippen LogP contribution >= 0.6 is 12.4 Å². The highest BCUT2D eigenvalue weighted by Gasteiger charge is 2.12. The molecule has 170 valence electrons. The van der Waals surface area contributed by atoms with E-state index in [0.29, 0.717) is 30.2 Å². The molecule has 0 bridgehead atoms. The Kier molecular flexibility index (Phi) is 9.27. The molecule has 0 aliphatic carbocycles. The maximum absolute atomic E-state index is 12.4. The maximum atomic E-state index is 12.4. The van der Waals surface area contributed by atoms with Gasteiger partial charge in [-0.2, -0.15) is 0 Å². The number of carbonyl (C=O) groups is 2. The number of para-hydroxylation sites is 1. The number of hydroxylamine groups is 1. The molecule has 3 rings (SSSR count). The van der Waals surface area contributed by atoms with Gasteiger partial charge in [0.2, 0.25) is 5.91 Å². The van der Waals surface area contributed by atoms with Crippen LogP contribution in [0.3, 0.4) is 0 Å². The number of ether oxygens (including phenoxy) is 1. The third kappa shape index (κ3) is 6.84. The maximum Gasteiger partial charge on any atom is 0.274 e. The van der Waals surface area contributed by atoms with Crippen molar-refractivity contribution in [3.05, 3.63) is 72.0 Å². The molecule has 3 aromatic rings. The number of nitrogens with zero attached hydrogens (tertiary/aromatic N) is 1. The lowest BCUT2D eigenvalue weighted by Gasteiger charge is -2.12. The van der Waals surface area contributed by atoms with E-state index in [2.05, 4.69) is 5.32 Å². The quantitative estimate of drug-likeness (QED) is 0.196. The van der Waals surface area contributed by atoms with Crippen LogP contribution in [0.4, 0.5) is 0 Å². The highest BCUT2D eigenvalue weighted by atomic mass is 35.5. The fourth-order valence-electron chi connectivity index (χ4n) is 2.99. The summed E-state index contributed by atoms with van der Waals surface area (Å²) in [6.07, 6.45) is 1.54. The Morgan fingerprint density at radius 1 is 1.12 bits per heavy atom. The number of halogens is 1. The topological polar surface area (TPSA) is 104 Å². The van der Waals surface area contributed by atoms with E-state index in [1.54, 1.807) is 23.7 Å². The lowest BCUT2D eigenvalue weighted by Crippen LogP contribution is -2.27. The second kappa shape index (κ2) is 11.9. The van der Waals surface area contributed by atoms with E-state index in [1.165, 1.54) is 12.1 Å². The zero-order chi connectivity index (χ0) is 22.2. The fourth-order valence-corrected chi connectivity index (χ4v) is 2.99. The van der Waals surface area contributed by atoms with Crippen molar-refractivity contribution >= 4 is 40.8 Å². The molecule has 32 heavy (non-hydrogen) atoms. The highest BCUT2D eigenvalue weighted by Crippen LogP contribution is 2.25. The molecule has 0 radical (unpaired) electrons. The van der Waals surface area contributed by atoms with Gasteiger partial charge in [-0.25, -0.2) is 5.48 Å². The van der Waals surface area contributed by atoms with Gasteiger partial charge in [-0.1, -0.05) is 18.2 Å². The predicted octanol–water partition coefficient (Wildman–Crippen LogP) is 3.11. The molecule has 3 N–H and O–H groups in total. The number of carbonyl (C=O) groups excluding carboxylic acids is 2. The Morgan fingerprint density at radius 3 is 2.50 bits per heavy atom. The molecule has 1 heterocycles. The molecular formula is C23H26ClN3O5. The van der Waals surface area contributed by atoms with Gasteiger partial charge in [-0.05, 0) is 50.5 Å². The molecule has 0 atom stereocenters. The number of rotatable bonds is 9. The Hall–Kier alpha value is -3.33. The van der Waals surface area contributed by atoms with E-state index in [1.807, 2.05) is 49.3 Å². The van der Waals surface area contributed by atoms with Gasteiger partial charge in [0.25, 0.3) is 5.91 Å². The van der Waals surface area contributed by atoms with E-state index >= 15 is 0 Å². The Labute approximate surface area is 192 Å². The molecule has 0 fully saturated rings. The fraction of sp³-hybridized carbons (Fsp3) is 0.217. The highest BCUT2D eigenvalue weighted by molar-refractivity contribution is 5.96. The van der Waals surface area contributed by atoms with Crippen LogP contribution in [0.1, 0.15) is 16.1 Å². The van der Waals surface area contributed by atoms with Crippen LogP contribution in [0.25, 0.3) is 16.5 Å². The van der Waals surface area contributed by atoms with Crippen molar-refractivity contribution in [3.8, 4) is 5.75 Å². The first kappa shape index (κ1) is 24.9. The number of nitrogens with one attached hydrogen (secondary N) is 2. The molecule has 9 heteroatoms. The van der Waals surface area contributed by atoms with Gasteiger partial charge < -0.3 is 19.4 Å². The minimum atomic E-state index is -0.594. The SMILES string of the molecule is CN(C)C/C(=C/C(=O)NCCOc1ccc(C(=O)NO)cc1)c1cc2ccccc2o1.Cl. The van der Waals surface area contributed by atoms with Crippen molar-refractivity contribution in [1.29, 1.82) is 0 Å². The van der Waals surface area contributed by atoms with Gasteiger partial charge in [-0.3, -0.25) is 14.8 Å². The average molecular weight is 460 g/mol. The number of likely N-dealkylation sites (N-methyl/N-ethyl adjacent to an activating group) is 1. The molecular weight excluding hydrogens is 434 g/mol. The minimum absolute atomic E-state index is 0. The lowest BCUT2D eigenvalue weighted by atomic mass is 10.1. The van der Waals surface area contributed by atoms with Gasteiger partial charge in [0, 0.05) is 29.1 Å². The summed E-state index contributed by atoms with van der Waals surface area (Å²) in [6, 6.07) is 15.9. The number of furan rings is 1. The second-order valence-corrected chi connectivity index (χ2v) is 7.16. The van der Waals surface area contributed by atoms with Crippen LogP contribution in [0.5, 0.6) is 5.75 Å². The Balaban J connectivity index is 0.00000363. The number of hydrogen-bond acceptors (Lipinski definition) is 6. The number of benzene rings is 2. The van der Waals surface area contributed by atoms with Crippen molar-refractivity contribution in [2.45, 2.75) is 0 Å². The van der Waals surface area contributed by atoms with Gasteiger partial charge in [0.1, 0.15) is 23.7 Å². The first-order valence-corrected chi connectivity index (χ1v) is 9.75. The molecule has 0 unspecified atom stereocenters. The summed E-state index contributed by atoms with van der Waals surface area (Å²) in [4.78, 5) is 25.7. The third-order valence-electron chi connectivity index (χ3n) is 4.42. The smallest absolute Gasteiger partial charge is 0.274 e. The number of hydrogen-bond donors (Lipinski definition) is 3. The van der Waals surface area contributed by atoms with Crippen molar-refractivity contribution in [2.24, 2.45) is 0 Å². The van der Waals surface area contributed by atoms with Gasteiger partial charge in [0.05, 0.1) is 6.54 Å². The summed E-state index contributed by atoms with van der Waals surface area (Å²) < 4.78 is 11.5. The van der Waals surface area contributed by atoms with Gasteiger partial charge >= 0.3 is 0 Å². The molecule has 0 saturated heterocycles. The molecule has 0 spiro atoms. The number of amides is 2. The molecule has 0 aliphatic heterocycles. The molecule has 0 saturated carbocycles. The third-order valence-corrected chi connectivity index (χ3v) is 4.42. The standard InChI is InChI=1S/C23H25N3O5.ClH/c1-26(2)15-18(21-13-17-5-3-4-6-20(17)31-21)14-22(27)24-11-12-30-19-9-7-16(8-10-19)23(28)25-29;/h3-10,13-14,29H,11-12,15H2,1-2H3,(H,24,27)(H,25,28);1H/b18-14-;. The summed E-state index contributed by atoms with van der Waals surface area (Å²) in [7, 11) is 3.86. The van der Waals surface area contributed by atoms with E-state index in [9.17, 15) is 9.59 Å². The first-order valence-electron chi connectivity index (χ1n) is 9.75. The van der Waals surface area contributed by atoms with E-state index in [0.717, 1.165) is 16.5 Å². The normalized spacial score (nSPS) is 11.2. The zero-order valence-corrected chi connectivity index (χ0v) is 18.6. The van der Waals surface area contributed by atoms with E-state index < -0.39 is 5.91 Å². The lowest BCUT2D eigenvalue weighted by molar-refractivity contribution is -0.116. The van der Waals surface area contributed by atoms with Crippen LogP contribution in [0.2, 0.25) is 0 Å². The molecule has 8 nitrogen and oxygen atoms in total. The van der Waals surface area contributed by atoms with Gasteiger partial charge in [-0.15, -0.1) is 12.4 Å². The first-order chi connectivity index (χ1) is 15.0. The van der Waals surface area contributed by atoms with Crippen molar-refractivity contribution in [1.82, 2.24) is 15.7 Å². The Morgan fingerprint density at radius 2 is 1.84 bits per heavy atom. The Bertz CT molecular complexity index is 1040. The van der Waals surface area contributed by atoms with Crippen molar-refractivity contribution < 1.29 is 24.0 Å². The molecule has 2 aromatic carbocycles. The second-order valence-electron chi connectivity index (χ2n) is 7.16. The van der Waals surface area contributed by atoms with Crippen molar-refractivity contribution in [3.63, 3.8) is 0 Å². The summed E-state index contributed by atoms with van der Waals surface area (Å²) in [5.41, 5.74) is 3.43. The van der Waals surface area contributed by atoms with Crippen LogP contribution in [-0.4, -0.2) is 55.7 Å². The average Bonchev–Trinajstić information content (AvgIpc) is 3.20. The van der Waals surface area contributed by atoms with Crippen molar-refractivity contribution in [2.75, 3.05) is 33.8 Å². The predicted molar refractivity (Wildman–Crippen MR) is 124 cm³/mol. The van der Waals surface area contributed by atoms with E-state index in [4.69, 9.17) is 14.4 Å². The largest absolute Gasteiger partial charge is 0.492 e. The zero-order valence-electron chi connectivity index (χ0n) is 17.8. The number of fused-ring (bicyclic) bond motifs is 1. The summed E-state index contributed by atoms with van der Waals surface area (Å²) >= 11 is 0. The summed E-state index contributed by atoms with van der Waals surface area (Å²) in [5.74, 6) is 0.377. The monoisotopic (exact) mass is 459 g/mol.